The van der Waals surface area contributed by atoms with Gasteiger partial charge in [-0.15, -0.1) is 0 Å². The van der Waals surface area contributed by atoms with Crippen LogP contribution in [0.2, 0.25) is 0 Å². The van der Waals surface area contributed by atoms with Crippen LogP contribution < -0.4 is 5.32 Å². The summed E-state index contributed by atoms with van der Waals surface area (Å²) in [4.78, 5) is 96.9. The molecule has 0 aliphatic carbocycles. The zero-order chi connectivity index (χ0) is 31.0. The molecule has 2 unspecified atom stereocenters. The Morgan fingerprint density at radius 2 is 1.35 bits per heavy atom. The maximum Gasteiger partial charge on any atom is 0.377 e. The highest BCUT2D eigenvalue weighted by Crippen LogP contribution is 2.43. The van der Waals surface area contributed by atoms with Gasteiger partial charge in [0, 0.05) is 48.5 Å². The van der Waals surface area contributed by atoms with Gasteiger partial charge in [-0.1, -0.05) is 0 Å². The largest absolute Gasteiger partial charge is 0.476 e. The monoisotopic (exact) mass is 577 g/mol. The molecule has 1 heterocycles. The first-order valence-electron chi connectivity index (χ1n) is 11.6. The first-order chi connectivity index (χ1) is 18.3. The van der Waals surface area contributed by atoms with E-state index in [1.54, 1.807) is 0 Å². The van der Waals surface area contributed by atoms with Crippen molar-refractivity contribution >= 4 is 47.7 Å². The lowest BCUT2D eigenvalue weighted by Gasteiger charge is -2.53. The molecule has 1 fully saturated rings. The molecule has 0 bridgehead atoms. The number of aliphatic carboxylic acids is 1. The molecule has 0 aromatic carbocycles. The van der Waals surface area contributed by atoms with Gasteiger partial charge in [-0.05, 0) is 0 Å². The van der Waals surface area contributed by atoms with Gasteiger partial charge in [-0.3, -0.25) is 33.6 Å². The lowest BCUT2D eigenvalue weighted by Crippen LogP contribution is -2.77. The summed E-state index contributed by atoms with van der Waals surface area (Å²) in [6.07, 6.45) is -9.19. The van der Waals surface area contributed by atoms with E-state index in [4.69, 9.17) is 33.2 Å². The van der Waals surface area contributed by atoms with E-state index >= 15 is 0 Å². The lowest BCUT2D eigenvalue weighted by atomic mass is 9.84. The van der Waals surface area contributed by atoms with Crippen molar-refractivity contribution < 1.29 is 76.6 Å². The van der Waals surface area contributed by atoms with Crippen LogP contribution in [0.5, 0.6) is 0 Å². The molecule has 17 heteroatoms. The van der Waals surface area contributed by atoms with Gasteiger partial charge < -0.3 is 43.6 Å². The Morgan fingerprint density at radius 1 is 0.800 bits per heavy atom. The number of ether oxygens (including phenoxy) is 7. The second-order valence-corrected chi connectivity index (χ2v) is 8.58. The zero-order valence-electron chi connectivity index (χ0n) is 22.8. The van der Waals surface area contributed by atoms with Crippen molar-refractivity contribution in [2.75, 3.05) is 6.61 Å². The van der Waals surface area contributed by atoms with Crippen molar-refractivity contribution in [3.05, 3.63) is 0 Å². The maximum atomic E-state index is 12.5. The highest BCUT2D eigenvalue weighted by atomic mass is 16.8. The highest BCUT2D eigenvalue weighted by molar-refractivity contribution is 5.81. The van der Waals surface area contributed by atoms with E-state index in [2.05, 4.69) is 5.32 Å². The van der Waals surface area contributed by atoms with Gasteiger partial charge in [0.1, 0.15) is 6.61 Å². The zero-order valence-corrected chi connectivity index (χ0v) is 22.8. The van der Waals surface area contributed by atoms with Gasteiger partial charge in [-0.25, -0.2) is 4.79 Å². The van der Waals surface area contributed by atoms with Crippen molar-refractivity contribution in [3.8, 4) is 0 Å². The number of carboxylic acids is 1. The summed E-state index contributed by atoms with van der Waals surface area (Å²) in [6, 6.07) is 0. The van der Waals surface area contributed by atoms with Crippen LogP contribution >= 0.6 is 0 Å². The van der Waals surface area contributed by atoms with Gasteiger partial charge in [-0.2, -0.15) is 0 Å². The molecule has 1 amide bonds. The number of hydrogen-bond donors (Lipinski definition) is 2. The van der Waals surface area contributed by atoms with E-state index in [-0.39, 0.29) is 0 Å². The first kappa shape index (κ1) is 33.7. The molecular weight excluding hydrogens is 546 g/mol. The lowest BCUT2D eigenvalue weighted by molar-refractivity contribution is -0.348. The molecule has 2 N–H and O–H groups in total. The summed E-state index contributed by atoms with van der Waals surface area (Å²) in [6.45, 7) is 5.54. The van der Waals surface area contributed by atoms with Crippen LogP contribution in [0, 0.1) is 0 Å². The molecule has 17 nitrogen and oxygen atoms in total. The van der Waals surface area contributed by atoms with E-state index in [1.807, 2.05) is 0 Å². The van der Waals surface area contributed by atoms with E-state index in [0.717, 1.165) is 48.5 Å². The van der Waals surface area contributed by atoms with Crippen LogP contribution in [0.15, 0.2) is 0 Å². The molecule has 0 radical (unpaired) electrons. The third-order valence-corrected chi connectivity index (χ3v) is 5.03. The Labute approximate surface area is 227 Å². The molecule has 1 saturated heterocycles. The number of carbonyl (C=O) groups is 8. The maximum absolute atomic E-state index is 12.5. The molecule has 1 aliphatic heterocycles. The van der Waals surface area contributed by atoms with E-state index in [1.165, 1.54) is 0 Å². The van der Waals surface area contributed by atoms with Crippen LogP contribution in [0.4, 0.5) is 0 Å². The van der Waals surface area contributed by atoms with Crippen molar-refractivity contribution in [2.24, 2.45) is 0 Å². The number of rotatable bonds is 11. The Kier molecular flexibility index (Phi) is 11.5. The van der Waals surface area contributed by atoms with E-state index in [9.17, 15) is 43.5 Å². The summed E-state index contributed by atoms with van der Waals surface area (Å²) in [7, 11) is 0. The van der Waals surface area contributed by atoms with Crippen LogP contribution in [0.25, 0.3) is 0 Å². The number of carbonyl (C=O) groups excluding carboxylic acids is 7. The van der Waals surface area contributed by atoms with Crippen molar-refractivity contribution in [1.29, 1.82) is 0 Å². The predicted molar refractivity (Wildman–Crippen MR) is 123 cm³/mol. The molecule has 1 aliphatic rings. The van der Waals surface area contributed by atoms with Crippen LogP contribution in [-0.4, -0.2) is 95.3 Å². The summed E-state index contributed by atoms with van der Waals surface area (Å²) in [5, 5.41) is 12.3. The van der Waals surface area contributed by atoms with Crippen molar-refractivity contribution in [3.63, 3.8) is 0 Å². The summed E-state index contributed by atoms with van der Waals surface area (Å²) in [5.41, 5.74) is -2.70. The summed E-state index contributed by atoms with van der Waals surface area (Å²) < 4.78 is 36.6. The Bertz CT molecular complexity index is 1040. The summed E-state index contributed by atoms with van der Waals surface area (Å²) in [5.74, 6) is -12.3. The molecule has 40 heavy (non-hydrogen) atoms. The van der Waals surface area contributed by atoms with Crippen LogP contribution in [0.1, 0.15) is 54.9 Å². The van der Waals surface area contributed by atoms with E-state index < -0.39 is 96.6 Å². The standard InChI is InChI=1S/C23H31NO16/c1-10(25)24-23(39-16(7)31)18(36-13(4)28)8-22(21(32)33,38-15(6)30)40-20(23)19(37-14(5)29)17(35-12(3)27)9-34-11(2)26/h17-20H,8-9H2,1-7H3,(H,24,25)(H,32,33)/t17-,18?,19-,20?,22-,23+/m0/s1. The molecular formula is C23H31NO16. The minimum Gasteiger partial charge on any atom is -0.476 e. The smallest absolute Gasteiger partial charge is 0.377 e. The van der Waals surface area contributed by atoms with Gasteiger partial charge in [0.05, 0.1) is 6.42 Å². The van der Waals surface area contributed by atoms with Crippen LogP contribution in [-0.2, 0) is 71.5 Å². The molecule has 224 valence electrons. The molecule has 0 saturated carbocycles. The normalized spacial score (nSPS) is 25.2. The second kappa shape index (κ2) is 13.7. The number of esters is 6. The second-order valence-electron chi connectivity index (χ2n) is 8.58. The fourth-order valence-corrected chi connectivity index (χ4v) is 3.99. The van der Waals surface area contributed by atoms with Gasteiger partial charge in [0.15, 0.2) is 24.4 Å². The Balaban J connectivity index is 4.16. The fraction of sp³-hybridized carbons (Fsp3) is 0.652. The topological polar surface area (TPSA) is 233 Å². The third-order valence-electron chi connectivity index (χ3n) is 5.03. The minimum atomic E-state index is -3.00. The highest BCUT2D eigenvalue weighted by Gasteiger charge is 2.69. The minimum absolute atomic E-state index is 0.825. The molecule has 0 aromatic heterocycles. The molecule has 0 aromatic rings. The first-order valence-corrected chi connectivity index (χ1v) is 11.6. The van der Waals surface area contributed by atoms with Gasteiger partial charge >= 0.3 is 47.6 Å². The van der Waals surface area contributed by atoms with Gasteiger partial charge in [0.25, 0.3) is 5.72 Å². The number of carboxylic acid groups (broad SMARTS) is 1. The van der Waals surface area contributed by atoms with Crippen LogP contribution in [0.3, 0.4) is 0 Å². The number of hydrogen-bond acceptors (Lipinski definition) is 15. The predicted octanol–water partition coefficient (Wildman–Crippen LogP) is -1.13. The number of amides is 1. The SMILES string of the molecule is CC(=O)N[C@@]1(OC(C)=O)C(OC(C)=O)C[C@@](OC(C)=O)(C(=O)O)OC1[C@@H](OC(C)=O)[C@H](COC(C)=O)OC(C)=O. The molecule has 0 spiro atoms. The Morgan fingerprint density at radius 3 is 1.75 bits per heavy atom. The quantitative estimate of drug-likeness (QED) is 0.168. The number of nitrogens with one attached hydrogen (secondary N) is 1. The third kappa shape index (κ3) is 8.89. The van der Waals surface area contributed by atoms with E-state index in [0.29, 0.717) is 0 Å². The molecule has 1 rings (SSSR count). The fourth-order valence-electron chi connectivity index (χ4n) is 3.99. The van der Waals surface area contributed by atoms with Crippen molar-refractivity contribution in [2.45, 2.75) is 90.8 Å². The summed E-state index contributed by atoms with van der Waals surface area (Å²) >= 11 is 0. The van der Waals surface area contributed by atoms with Crippen molar-refractivity contribution in [1.82, 2.24) is 5.32 Å². The van der Waals surface area contributed by atoms with Gasteiger partial charge in [0.2, 0.25) is 5.91 Å². The average molecular weight is 577 g/mol. The molecule has 6 atom stereocenters. The Hall–Kier alpha value is -4.28. The average Bonchev–Trinajstić information content (AvgIpc) is 2.75.